The van der Waals surface area contributed by atoms with Crippen molar-refractivity contribution in [2.45, 2.75) is 20.1 Å². The molecule has 0 amide bonds. The van der Waals surface area contributed by atoms with E-state index >= 15 is 0 Å². The predicted molar refractivity (Wildman–Crippen MR) is 75.2 cm³/mol. The van der Waals surface area contributed by atoms with Crippen LogP contribution < -0.4 is 0 Å². The smallest absolute Gasteiger partial charge is 0.183 e. The van der Waals surface area contributed by atoms with Crippen LogP contribution >= 0.6 is 11.6 Å². The molecular weight excluding hydrogens is 262 g/mol. The van der Waals surface area contributed by atoms with Gasteiger partial charge in [0.05, 0.1) is 18.7 Å². The number of hydrogen-bond acceptors (Lipinski definition) is 3. The van der Waals surface area contributed by atoms with E-state index in [1.807, 2.05) is 24.3 Å². The number of aromatic nitrogens is 1. The number of benzene rings is 1. The Morgan fingerprint density at radius 3 is 2.63 bits per heavy atom. The lowest BCUT2D eigenvalue weighted by molar-refractivity contribution is -0.226. The SMILES string of the molecule is CC1(C)COC(c2ccc3nc(Cl)ccc3c2)OC1. The number of ether oxygens (including phenoxy) is 2. The summed E-state index contributed by atoms with van der Waals surface area (Å²) in [7, 11) is 0. The Morgan fingerprint density at radius 2 is 1.89 bits per heavy atom. The highest BCUT2D eigenvalue weighted by Gasteiger charge is 2.29. The zero-order chi connectivity index (χ0) is 13.5. The van der Waals surface area contributed by atoms with Crippen molar-refractivity contribution in [3.8, 4) is 0 Å². The van der Waals surface area contributed by atoms with Gasteiger partial charge < -0.3 is 9.47 Å². The molecule has 0 atom stereocenters. The quantitative estimate of drug-likeness (QED) is 0.740. The van der Waals surface area contributed by atoms with Crippen LogP contribution in [-0.4, -0.2) is 18.2 Å². The highest BCUT2D eigenvalue weighted by atomic mass is 35.5. The molecule has 1 fully saturated rings. The van der Waals surface area contributed by atoms with Crippen LogP contribution in [-0.2, 0) is 9.47 Å². The third-order valence-corrected chi connectivity index (χ3v) is 3.41. The minimum absolute atomic E-state index is 0.0857. The Hall–Kier alpha value is -1.16. The molecule has 1 aliphatic heterocycles. The van der Waals surface area contributed by atoms with Crippen LogP contribution in [0.15, 0.2) is 30.3 Å². The molecule has 0 saturated carbocycles. The number of rotatable bonds is 1. The van der Waals surface area contributed by atoms with Crippen LogP contribution in [0.3, 0.4) is 0 Å². The van der Waals surface area contributed by atoms with Crippen molar-refractivity contribution in [1.29, 1.82) is 0 Å². The fourth-order valence-electron chi connectivity index (χ4n) is 2.15. The van der Waals surface area contributed by atoms with Gasteiger partial charge in [-0.1, -0.05) is 31.5 Å². The molecule has 0 unspecified atom stereocenters. The molecule has 1 aliphatic rings. The van der Waals surface area contributed by atoms with Crippen molar-refractivity contribution in [2.75, 3.05) is 13.2 Å². The number of nitrogens with zero attached hydrogens (tertiary/aromatic N) is 1. The van der Waals surface area contributed by atoms with E-state index in [-0.39, 0.29) is 11.7 Å². The lowest BCUT2D eigenvalue weighted by Crippen LogP contribution is -2.33. The van der Waals surface area contributed by atoms with E-state index in [1.54, 1.807) is 6.07 Å². The summed E-state index contributed by atoms with van der Waals surface area (Å²) < 4.78 is 11.6. The number of hydrogen-bond donors (Lipinski definition) is 0. The van der Waals surface area contributed by atoms with Crippen LogP contribution in [0.25, 0.3) is 10.9 Å². The average molecular weight is 278 g/mol. The van der Waals surface area contributed by atoms with E-state index in [9.17, 15) is 0 Å². The van der Waals surface area contributed by atoms with Gasteiger partial charge in [0.2, 0.25) is 0 Å². The summed E-state index contributed by atoms with van der Waals surface area (Å²) in [5.41, 5.74) is 1.99. The summed E-state index contributed by atoms with van der Waals surface area (Å²) in [5, 5.41) is 1.55. The fraction of sp³-hybridized carbons (Fsp3) is 0.400. The first-order valence-electron chi connectivity index (χ1n) is 6.33. The second-order valence-electron chi connectivity index (χ2n) is 5.70. The maximum absolute atomic E-state index is 5.88. The third-order valence-electron chi connectivity index (χ3n) is 3.20. The maximum Gasteiger partial charge on any atom is 0.183 e. The summed E-state index contributed by atoms with van der Waals surface area (Å²) in [5.74, 6) is 0. The van der Waals surface area contributed by atoms with Crippen LogP contribution in [0.1, 0.15) is 25.7 Å². The maximum atomic E-state index is 5.88. The van der Waals surface area contributed by atoms with Crippen LogP contribution in [0.4, 0.5) is 0 Å². The van der Waals surface area contributed by atoms with Crippen LogP contribution in [0, 0.1) is 5.41 Å². The zero-order valence-corrected chi connectivity index (χ0v) is 11.8. The first kappa shape index (κ1) is 12.9. The standard InChI is InChI=1S/C15H16ClNO2/c1-15(2)8-18-14(19-9-15)11-3-5-12-10(7-11)4-6-13(16)17-12/h3-7,14H,8-9H2,1-2H3. The van der Waals surface area contributed by atoms with Gasteiger partial charge in [0.1, 0.15) is 5.15 Å². The van der Waals surface area contributed by atoms with Gasteiger partial charge in [0, 0.05) is 16.4 Å². The minimum Gasteiger partial charge on any atom is -0.348 e. The summed E-state index contributed by atoms with van der Waals surface area (Å²) in [6, 6.07) is 9.72. The van der Waals surface area contributed by atoms with Crippen molar-refractivity contribution in [3.05, 3.63) is 41.0 Å². The van der Waals surface area contributed by atoms with Gasteiger partial charge in [-0.2, -0.15) is 0 Å². The molecule has 2 heterocycles. The van der Waals surface area contributed by atoms with Crippen molar-refractivity contribution < 1.29 is 9.47 Å². The van der Waals surface area contributed by atoms with Crippen molar-refractivity contribution in [2.24, 2.45) is 5.41 Å². The Labute approximate surface area is 117 Å². The molecule has 0 N–H and O–H groups in total. The van der Waals surface area contributed by atoms with Gasteiger partial charge >= 0.3 is 0 Å². The topological polar surface area (TPSA) is 31.4 Å². The minimum atomic E-state index is -0.284. The molecule has 100 valence electrons. The molecule has 0 bridgehead atoms. The number of fused-ring (bicyclic) bond motifs is 1. The summed E-state index contributed by atoms with van der Waals surface area (Å²) in [4.78, 5) is 4.27. The lowest BCUT2D eigenvalue weighted by Gasteiger charge is -2.34. The molecule has 1 aromatic carbocycles. The van der Waals surface area contributed by atoms with Gasteiger partial charge in [0.25, 0.3) is 0 Å². The highest BCUT2D eigenvalue weighted by molar-refractivity contribution is 6.29. The molecule has 3 nitrogen and oxygen atoms in total. The second-order valence-corrected chi connectivity index (χ2v) is 6.09. The molecular formula is C15H16ClNO2. The first-order chi connectivity index (χ1) is 9.03. The zero-order valence-electron chi connectivity index (χ0n) is 11.0. The second kappa shape index (κ2) is 4.75. The van der Waals surface area contributed by atoms with E-state index < -0.39 is 0 Å². The van der Waals surface area contributed by atoms with Gasteiger partial charge in [-0.3, -0.25) is 0 Å². The first-order valence-corrected chi connectivity index (χ1v) is 6.71. The Morgan fingerprint density at radius 1 is 1.16 bits per heavy atom. The number of halogens is 1. The van der Waals surface area contributed by atoms with Gasteiger partial charge in [-0.15, -0.1) is 0 Å². The molecule has 0 aliphatic carbocycles. The van der Waals surface area contributed by atoms with E-state index in [0.717, 1.165) is 16.5 Å². The summed E-state index contributed by atoms with van der Waals surface area (Å²) >= 11 is 5.88. The van der Waals surface area contributed by atoms with Crippen LogP contribution in [0.5, 0.6) is 0 Å². The molecule has 3 rings (SSSR count). The Kier molecular flexibility index (Phi) is 3.21. The third kappa shape index (κ3) is 2.73. The van der Waals surface area contributed by atoms with Gasteiger partial charge in [-0.25, -0.2) is 4.98 Å². The fourth-order valence-corrected chi connectivity index (χ4v) is 2.30. The molecule has 1 saturated heterocycles. The molecule has 19 heavy (non-hydrogen) atoms. The van der Waals surface area contributed by atoms with E-state index in [2.05, 4.69) is 18.8 Å². The number of pyridine rings is 1. The van der Waals surface area contributed by atoms with Gasteiger partial charge in [0.15, 0.2) is 6.29 Å². The largest absolute Gasteiger partial charge is 0.348 e. The predicted octanol–water partition coefficient (Wildman–Crippen LogP) is 3.96. The lowest BCUT2D eigenvalue weighted by atomic mass is 9.95. The molecule has 4 heteroatoms. The van der Waals surface area contributed by atoms with Crippen molar-refractivity contribution >= 4 is 22.5 Å². The van der Waals surface area contributed by atoms with Crippen molar-refractivity contribution in [3.63, 3.8) is 0 Å². The van der Waals surface area contributed by atoms with E-state index in [1.165, 1.54) is 0 Å². The monoisotopic (exact) mass is 277 g/mol. The summed E-state index contributed by atoms with van der Waals surface area (Å²) in [6.07, 6.45) is -0.284. The molecule has 0 spiro atoms. The Balaban J connectivity index is 1.88. The Bertz CT molecular complexity index is 602. The molecule has 1 aromatic heterocycles. The van der Waals surface area contributed by atoms with E-state index in [4.69, 9.17) is 21.1 Å². The van der Waals surface area contributed by atoms with Crippen molar-refractivity contribution in [1.82, 2.24) is 4.98 Å². The molecule has 0 radical (unpaired) electrons. The van der Waals surface area contributed by atoms with E-state index in [0.29, 0.717) is 18.4 Å². The molecule has 2 aromatic rings. The van der Waals surface area contributed by atoms with Crippen LogP contribution in [0.2, 0.25) is 5.15 Å². The summed E-state index contributed by atoms with van der Waals surface area (Å²) in [6.45, 7) is 5.67. The average Bonchev–Trinajstić information content (AvgIpc) is 2.38. The normalized spacial score (nSPS) is 19.7. The highest BCUT2D eigenvalue weighted by Crippen LogP contribution is 2.32. The van der Waals surface area contributed by atoms with Gasteiger partial charge in [-0.05, 0) is 24.3 Å².